The smallest absolute Gasteiger partial charge is 0.239 e. The molecule has 21 heavy (non-hydrogen) atoms. The number of nitrogens with two attached hydrogens (primary N) is 1. The first-order valence-electron chi connectivity index (χ1n) is 7.13. The summed E-state index contributed by atoms with van der Waals surface area (Å²) in [6.45, 7) is 5.16. The zero-order valence-corrected chi connectivity index (χ0v) is 12.6. The van der Waals surface area contributed by atoms with Gasteiger partial charge >= 0.3 is 0 Å². The number of amides is 2. The van der Waals surface area contributed by atoms with Gasteiger partial charge < -0.3 is 25.9 Å². The number of oxime groups is 1. The van der Waals surface area contributed by atoms with Gasteiger partial charge in [0.25, 0.3) is 0 Å². The molecular formula is C13H24N4O4. The first kappa shape index (κ1) is 17.2. The lowest BCUT2D eigenvalue weighted by atomic mass is 9.77. The monoisotopic (exact) mass is 300 g/mol. The Hall–Kier alpha value is -1.83. The predicted octanol–water partition coefficient (Wildman–Crippen LogP) is -0.486. The molecule has 0 spiro atoms. The summed E-state index contributed by atoms with van der Waals surface area (Å²) in [5, 5.41) is 14.7. The van der Waals surface area contributed by atoms with Crippen LogP contribution >= 0.6 is 0 Å². The van der Waals surface area contributed by atoms with Gasteiger partial charge in [0.1, 0.15) is 5.41 Å². The highest BCUT2D eigenvalue weighted by Crippen LogP contribution is 2.33. The minimum Gasteiger partial charge on any atom is -0.409 e. The second-order valence-electron chi connectivity index (χ2n) is 4.95. The molecule has 0 atom stereocenters. The predicted molar refractivity (Wildman–Crippen MR) is 76.8 cm³/mol. The maximum atomic E-state index is 12.8. The molecule has 0 aliphatic carbocycles. The Morgan fingerprint density at radius 3 is 2.48 bits per heavy atom. The Kier molecular flexibility index (Phi) is 6.41. The van der Waals surface area contributed by atoms with Crippen LogP contribution in [0, 0.1) is 5.41 Å². The van der Waals surface area contributed by atoms with Crippen LogP contribution in [0.1, 0.15) is 26.7 Å². The van der Waals surface area contributed by atoms with Crippen LogP contribution in [0.3, 0.4) is 0 Å². The highest BCUT2D eigenvalue weighted by atomic mass is 16.5. The first-order valence-corrected chi connectivity index (χ1v) is 7.13. The van der Waals surface area contributed by atoms with Gasteiger partial charge in [-0.2, -0.15) is 0 Å². The summed E-state index contributed by atoms with van der Waals surface area (Å²) >= 11 is 0. The summed E-state index contributed by atoms with van der Waals surface area (Å²) in [4.78, 5) is 25.9. The van der Waals surface area contributed by atoms with Crippen LogP contribution in [0.5, 0.6) is 0 Å². The SMILES string of the molecule is CCNC(=O)CN(CC)C(=O)C1(C(N)=NO)CCOCC1. The van der Waals surface area contributed by atoms with Gasteiger partial charge in [-0.05, 0) is 26.7 Å². The summed E-state index contributed by atoms with van der Waals surface area (Å²) in [6, 6.07) is 0. The largest absolute Gasteiger partial charge is 0.409 e. The Morgan fingerprint density at radius 1 is 1.38 bits per heavy atom. The number of likely N-dealkylation sites (N-methyl/N-ethyl adjacent to an activating group) is 2. The van der Waals surface area contributed by atoms with Crippen LogP contribution in [0.2, 0.25) is 0 Å². The summed E-state index contributed by atoms with van der Waals surface area (Å²) in [5.41, 5.74) is 4.67. The normalized spacial score (nSPS) is 18.1. The number of ether oxygens (including phenoxy) is 1. The number of nitrogens with zero attached hydrogens (tertiary/aromatic N) is 2. The Morgan fingerprint density at radius 2 is 2.00 bits per heavy atom. The molecule has 0 bridgehead atoms. The van der Waals surface area contributed by atoms with Crippen molar-refractivity contribution < 1.29 is 19.5 Å². The quantitative estimate of drug-likeness (QED) is 0.265. The van der Waals surface area contributed by atoms with E-state index in [4.69, 9.17) is 15.7 Å². The number of amidine groups is 1. The lowest BCUT2D eigenvalue weighted by Crippen LogP contribution is -2.55. The fraction of sp³-hybridized carbons (Fsp3) is 0.769. The molecule has 120 valence electrons. The summed E-state index contributed by atoms with van der Waals surface area (Å²) < 4.78 is 5.26. The molecule has 8 nitrogen and oxygen atoms in total. The second-order valence-corrected chi connectivity index (χ2v) is 4.95. The van der Waals surface area contributed by atoms with Crippen molar-refractivity contribution in [3.05, 3.63) is 0 Å². The zero-order chi connectivity index (χ0) is 15.9. The van der Waals surface area contributed by atoms with Gasteiger partial charge in [-0.1, -0.05) is 5.16 Å². The maximum Gasteiger partial charge on any atom is 0.239 e. The van der Waals surface area contributed by atoms with Crippen LogP contribution in [-0.2, 0) is 14.3 Å². The standard InChI is InChI=1S/C13H24N4O4/c1-3-15-10(18)9-17(4-2)12(19)13(11(14)16-20)5-7-21-8-6-13/h20H,3-9H2,1-2H3,(H2,14,16)(H,15,18). The minimum atomic E-state index is -1.09. The van der Waals surface area contributed by atoms with E-state index in [1.165, 1.54) is 4.90 Å². The van der Waals surface area contributed by atoms with Crippen LogP contribution in [0.25, 0.3) is 0 Å². The second kappa shape index (κ2) is 7.82. The van der Waals surface area contributed by atoms with Crippen molar-refractivity contribution in [2.75, 3.05) is 32.8 Å². The van der Waals surface area contributed by atoms with Gasteiger partial charge in [0.15, 0.2) is 5.84 Å². The maximum absolute atomic E-state index is 12.8. The third-order valence-corrected chi connectivity index (χ3v) is 3.73. The van der Waals surface area contributed by atoms with E-state index in [2.05, 4.69) is 10.5 Å². The molecule has 1 saturated heterocycles. The molecule has 4 N–H and O–H groups in total. The highest BCUT2D eigenvalue weighted by molar-refractivity contribution is 6.07. The van der Waals surface area contributed by atoms with Crippen molar-refractivity contribution in [1.29, 1.82) is 0 Å². The van der Waals surface area contributed by atoms with E-state index in [-0.39, 0.29) is 24.2 Å². The molecule has 2 amide bonds. The lowest BCUT2D eigenvalue weighted by Gasteiger charge is -2.38. The van der Waals surface area contributed by atoms with E-state index < -0.39 is 5.41 Å². The van der Waals surface area contributed by atoms with E-state index in [0.717, 1.165) is 0 Å². The van der Waals surface area contributed by atoms with Crippen molar-refractivity contribution in [1.82, 2.24) is 10.2 Å². The molecule has 0 saturated carbocycles. The van der Waals surface area contributed by atoms with Gasteiger partial charge in [-0.25, -0.2) is 0 Å². The molecule has 0 unspecified atom stereocenters. The van der Waals surface area contributed by atoms with Crippen LogP contribution < -0.4 is 11.1 Å². The fourth-order valence-corrected chi connectivity index (χ4v) is 2.45. The molecule has 1 aliphatic rings. The highest BCUT2D eigenvalue weighted by Gasteiger charge is 2.46. The molecule has 1 aliphatic heterocycles. The number of carbonyl (C=O) groups excluding carboxylic acids is 2. The minimum absolute atomic E-state index is 0.0372. The van der Waals surface area contributed by atoms with E-state index in [9.17, 15) is 9.59 Å². The van der Waals surface area contributed by atoms with Gasteiger partial charge in [0.2, 0.25) is 11.8 Å². The van der Waals surface area contributed by atoms with Crippen molar-refractivity contribution in [3.8, 4) is 0 Å². The number of nitrogens with one attached hydrogen (secondary N) is 1. The summed E-state index contributed by atoms with van der Waals surface area (Å²) in [7, 11) is 0. The summed E-state index contributed by atoms with van der Waals surface area (Å²) in [5.74, 6) is -0.644. The zero-order valence-electron chi connectivity index (χ0n) is 12.6. The summed E-state index contributed by atoms with van der Waals surface area (Å²) in [6.07, 6.45) is 0.682. The Balaban J connectivity index is 2.95. The number of carbonyl (C=O) groups is 2. The van der Waals surface area contributed by atoms with Crippen LogP contribution in [-0.4, -0.2) is 60.6 Å². The van der Waals surface area contributed by atoms with Crippen molar-refractivity contribution >= 4 is 17.6 Å². The fourth-order valence-electron chi connectivity index (χ4n) is 2.45. The van der Waals surface area contributed by atoms with Crippen LogP contribution in [0.4, 0.5) is 0 Å². The van der Waals surface area contributed by atoms with Gasteiger partial charge in [-0.3, -0.25) is 9.59 Å². The Bertz CT molecular complexity index is 405. The van der Waals surface area contributed by atoms with Gasteiger partial charge in [-0.15, -0.1) is 0 Å². The Labute approximate surface area is 124 Å². The average molecular weight is 300 g/mol. The van der Waals surface area contributed by atoms with Crippen LogP contribution in [0.15, 0.2) is 5.16 Å². The van der Waals surface area contributed by atoms with E-state index in [1.807, 2.05) is 6.92 Å². The average Bonchev–Trinajstić information content (AvgIpc) is 2.52. The van der Waals surface area contributed by atoms with Crippen molar-refractivity contribution in [2.45, 2.75) is 26.7 Å². The lowest BCUT2D eigenvalue weighted by molar-refractivity contribution is -0.145. The van der Waals surface area contributed by atoms with Gasteiger partial charge in [0, 0.05) is 26.3 Å². The topological polar surface area (TPSA) is 117 Å². The molecule has 1 heterocycles. The third-order valence-electron chi connectivity index (χ3n) is 3.73. The molecular weight excluding hydrogens is 276 g/mol. The van der Waals surface area contributed by atoms with Crippen molar-refractivity contribution in [2.24, 2.45) is 16.3 Å². The molecule has 8 heteroatoms. The molecule has 0 aromatic rings. The third kappa shape index (κ3) is 3.84. The number of hydrogen-bond donors (Lipinski definition) is 3. The molecule has 0 radical (unpaired) electrons. The molecule has 0 aromatic carbocycles. The number of rotatable bonds is 6. The number of hydrogen-bond acceptors (Lipinski definition) is 5. The molecule has 1 fully saturated rings. The van der Waals surface area contributed by atoms with Crippen molar-refractivity contribution in [3.63, 3.8) is 0 Å². The van der Waals surface area contributed by atoms with E-state index in [0.29, 0.717) is 39.1 Å². The molecule has 1 rings (SSSR count). The first-order chi connectivity index (χ1) is 10.0. The van der Waals surface area contributed by atoms with Gasteiger partial charge in [0.05, 0.1) is 6.54 Å². The van der Waals surface area contributed by atoms with E-state index >= 15 is 0 Å². The van der Waals surface area contributed by atoms with E-state index in [1.54, 1.807) is 6.92 Å². The molecule has 0 aromatic heterocycles.